The molecule has 0 atom stereocenters. The van der Waals surface area contributed by atoms with Gasteiger partial charge in [0.2, 0.25) is 0 Å². The minimum Gasteiger partial charge on any atom is -0.444 e. The highest BCUT2D eigenvalue weighted by atomic mass is 35.5. The zero-order chi connectivity index (χ0) is 25.3. The summed E-state index contributed by atoms with van der Waals surface area (Å²) >= 11 is 11.8. The molecular formula is C27H38Cl2N4O2. The lowest BCUT2D eigenvalue weighted by Crippen LogP contribution is -2.39. The number of benzene rings is 2. The van der Waals surface area contributed by atoms with Gasteiger partial charge in [-0.3, -0.25) is 0 Å². The van der Waals surface area contributed by atoms with Crippen molar-refractivity contribution in [3.63, 3.8) is 0 Å². The molecular weight excluding hydrogens is 483 g/mol. The Bertz CT molecular complexity index is 908. The second-order valence-corrected chi connectivity index (χ2v) is 10.7. The molecule has 0 saturated carbocycles. The number of hydrogen-bond donors (Lipinski definition) is 1. The Morgan fingerprint density at radius 1 is 0.743 bits per heavy atom. The van der Waals surface area contributed by atoms with Crippen LogP contribution in [0.3, 0.4) is 0 Å². The first kappa shape index (κ1) is 27.4. The van der Waals surface area contributed by atoms with Gasteiger partial charge in [0.25, 0.3) is 0 Å². The van der Waals surface area contributed by atoms with Crippen molar-refractivity contribution in [1.82, 2.24) is 10.2 Å². The molecule has 2 aliphatic heterocycles. The van der Waals surface area contributed by atoms with Crippen LogP contribution in [0.25, 0.3) is 0 Å². The third kappa shape index (κ3) is 9.43. The van der Waals surface area contributed by atoms with Crippen LogP contribution in [0.4, 0.5) is 16.2 Å². The van der Waals surface area contributed by atoms with E-state index >= 15 is 0 Å². The zero-order valence-corrected chi connectivity index (χ0v) is 22.6. The highest BCUT2D eigenvalue weighted by Crippen LogP contribution is 2.21. The average Bonchev–Trinajstić information content (AvgIpc) is 3.23. The predicted molar refractivity (Wildman–Crippen MR) is 147 cm³/mol. The van der Waals surface area contributed by atoms with Crippen molar-refractivity contribution < 1.29 is 9.53 Å². The Kier molecular flexibility index (Phi) is 10.4. The van der Waals surface area contributed by atoms with Crippen LogP contribution < -0.4 is 15.1 Å². The maximum absolute atomic E-state index is 12.1. The average molecular weight is 522 g/mol. The van der Waals surface area contributed by atoms with Crippen molar-refractivity contribution in [1.29, 1.82) is 0 Å². The van der Waals surface area contributed by atoms with Gasteiger partial charge >= 0.3 is 6.09 Å². The van der Waals surface area contributed by atoms with Gasteiger partial charge in [-0.05, 0) is 88.7 Å². The molecule has 8 heteroatoms. The largest absolute Gasteiger partial charge is 0.444 e. The smallest absolute Gasteiger partial charge is 0.410 e. The van der Waals surface area contributed by atoms with Gasteiger partial charge in [0, 0.05) is 67.2 Å². The van der Waals surface area contributed by atoms with Crippen LogP contribution in [0, 0.1) is 0 Å². The maximum atomic E-state index is 12.1. The van der Waals surface area contributed by atoms with E-state index in [-0.39, 0.29) is 6.09 Å². The predicted octanol–water partition coefficient (Wildman–Crippen LogP) is 5.93. The number of ether oxygens (including phenoxy) is 1. The van der Waals surface area contributed by atoms with Crippen molar-refractivity contribution in [2.24, 2.45) is 0 Å². The molecule has 2 aromatic carbocycles. The molecule has 0 spiro atoms. The summed E-state index contributed by atoms with van der Waals surface area (Å²) in [5.41, 5.74) is 1.97. The number of anilines is 2. The van der Waals surface area contributed by atoms with E-state index in [2.05, 4.69) is 27.2 Å². The first-order valence-corrected chi connectivity index (χ1v) is 13.2. The SMILES string of the molecule is CC(C)(C)OC(=O)N1CCCN(c2ccc(Cl)cc2)CC1.Clc1ccc(N2CCCNCC2)cc1. The molecule has 2 heterocycles. The summed E-state index contributed by atoms with van der Waals surface area (Å²) < 4.78 is 5.44. The number of hydrogen-bond acceptors (Lipinski definition) is 5. The molecule has 1 N–H and O–H groups in total. The fraction of sp³-hybridized carbons (Fsp3) is 0.519. The Morgan fingerprint density at radius 3 is 1.86 bits per heavy atom. The van der Waals surface area contributed by atoms with Gasteiger partial charge in [-0.25, -0.2) is 4.79 Å². The van der Waals surface area contributed by atoms with Crippen LogP contribution in [0.2, 0.25) is 10.0 Å². The number of carbonyl (C=O) groups excluding carboxylic acids is 1. The fourth-order valence-corrected chi connectivity index (χ4v) is 4.34. The molecule has 0 radical (unpaired) electrons. The summed E-state index contributed by atoms with van der Waals surface area (Å²) in [7, 11) is 0. The zero-order valence-electron chi connectivity index (χ0n) is 21.1. The van der Waals surface area contributed by atoms with Gasteiger partial charge in [0.05, 0.1) is 0 Å². The summed E-state index contributed by atoms with van der Waals surface area (Å²) in [5.74, 6) is 0. The van der Waals surface area contributed by atoms with Gasteiger partial charge in [-0.2, -0.15) is 0 Å². The van der Waals surface area contributed by atoms with Gasteiger partial charge in [0.1, 0.15) is 5.60 Å². The highest BCUT2D eigenvalue weighted by molar-refractivity contribution is 6.30. The third-order valence-corrected chi connectivity index (χ3v) is 6.38. The normalized spacial score (nSPS) is 17.1. The van der Waals surface area contributed by atoms with E-state index in [1.165, 1.54) is 12.1 Å². The van der Waals surface area contributed by atoms with Gasteiger partial charge in [0.15, 0.2) is 0 Å². The van der Waals surface area contributed by atoms with Gasteiger partial charge in [-0.15, -0.1) is 0 Å². The Balaban J connectivity index is 0.000000211. The monoisotopic (exact) mass is 520 g/mol. The summed E-state index contributed by atoms with van der Waals surface area (Å²) in [6.45, 7) is 13.2. The molecule has 6 nitrogen and oxygen atoms in total. The Morgan fingerprint density at radius 2 is 1.29 bits per heavy atom. The molecule has 1 amide bonds. The van der Waals surface area contributed by atoms with Crippen molar-refractivity contribution >= 4 is 40.7 Å². The molecule has 2 saturated heterocycles. The van der Waals surface area contributed by atoms with E-state index in [9.17, 15) is 4.79 Å². The van der Waals surface area contributed by atoms with Gasteiger partial charge < -0.3 is 24.8 Å². The molecule has 35 heavy (non-hydrogen) atoms. The number of nitrogens with one attached hydrogen (secondary N) is 1. The minimum absolute atomic E-state index is 0.222. The van der Waals surface area contributed by atoms with Crippen LogP contribution in [-0.2, 0) is 4.74 Å². The first-order valence-electron chi connectivity index (χ1n) is 12.4. The van der Waals surface area contributed by atoms with Crippen molar-refractivity contribution in [3.8, 4) is 0 Å². The van der Waals surface area contributed by atoms with Gasteiger partial charge in [-0.1, -0.05) is 23.2 Å². The Hall–Kier alpha value is -2.15. The number of amides is 1. The third-order valence-electron chi connectivity index (χ3n) is 5.87. The summed E-state index contributed by atoms with van der Waals surface area (Å²) in [5, 5.41) is 4.94. The van der Waals surface area contributed by atoms with Crippen LogP contribution >= 0.6 is 23.2 Å². The van der Waals surface area contributed by atoms with E-state index in [1.54, 1.807) is 4.90 Å². The molecule has 0 bridgehead atoms. The molecule has 4 rings (SSSR count). The van der Waals surface area contributed by atoms with E-state index < -0.39 is 5.60 Å². The lowest BCUT2D eigenvalue weighted by Gasteiger charge is -2.27. The lowest BCUT2D eigenvalue weighted by atomic mass is 10.2. The van der Waals surface area contributed by atoms with E-state index in [0.717, 1.165) is 68.0 Å². The van der Waals surface area contributed by atoms with Crippen molar-refractivity contribution in [3.05, 3.63) is 58.6 Å². The number of rotatable bonds is 2. The number of nitrogens with zero attached hydrogens (tertiary/aromatic N) is 3. The van der Waals surface area contributed by atoms with Crippen LogP contribution in [-0.4, -0.2) is 69.0 Å². The second-order valence-electron chi connectivity index (χ2n) is 9.85. The van der Waals surface area contributed by atoms with E-state index in [1.807, 2.05) is 57.2 Å². The molecule has 192 valence electrons. The van der Waals surface area contributed by atoms with Crippen LogP contribution in [0.1, 0.15) is 33.6 Å². The summed E-state index contributed by atoms with van der Waals surface area (Å²) in [6, 6.07) is 15.9. The standard InChI is InChI=1S/C16H23ClN2O2.C11H15ClN2/c1-16(2,3)21-15(20)19-10-4-9-18(11-12-19)14-7-5-13(17)6-8-14;12-10-2-4-11(5-3-10)14-8-1-6-13-7-9-14/h5-8H,4,9-12H2,1-3H3;2-5,13H,1,6-9H2. The quantitative estimate of drug-likeness (QED) is 0.531. The van der Waals surface area contributed by atoms with Crippen LogP contribution in [0.15, 0.2) is 48.5 Å². The molecule has 0 aliphatic carbocycles. The second kappa shape index (κ2) is 13.2. The molecule has 2 fully saturated rings. The summed E-state index contributed by atoms with van der Waals surface area (Å²) in [4.78, 5) is 18.6. The number of carbonyl (C=O) groups is 1. The minimum atomic E-state index is -0.445. The molecule has 2 aromatic rings. The summed E-state index contributed by atoms with van der Waals surface area (Å²) in [6.07, 6.45) is 1.92. The first-order chi connectivity index (χ1) is 16.7. The highest BCUT2D eigenvalue weighted by Gasteiger charge is 2.24. The van der Waals surface area contributed by atoms with Crippen molar-refractivity contribution in [2.75, 3.05) is 62.2 Å². The molecule has 0 aromatic heterocycles. The topological polar surface area (TPSA) is 48.1 Å². The maximum Gasteiger partial charge on any atom is 0.410 e. The Labute approximate surface area is 220 Å². The molecule has 0 unspecified atom stereocenters. The van der Waals surface area contributed by atoms with Crippen molar-refractivity contribution in [2.45, 2.75) is 39.2 Å². The lowest BCUT2D eigenvalue weighted by molar-refractivity contribution is 0.0263. The van der Waals surface area contributed by atoms with Crippen LogP contribution in [0.5, 0.6) is 0 Å². The van der Waals surface area contributed by atoms with E-state index in [4.69, 9.17) is 27.9 Å². The van der Waals surface area contributed by atoms with E-state index in [0.29, 0.717) is 6.54 Å². The number of halogens is 2. The fourth-order valence-electron chi connectivity index (χ4n) is 4.09. The molecule has 2 aliphatic rings.